The molecule has 8 nitrogen and oxygen atoms in total. The summed E-state index contributed by atoms with van der Waals surface area (Å²) in [5.74, 6) is 0.762. The number of aromatic nitrogens is 4. The highest BCUT2D eigenvalue weighted by Crippen LogP contribution is 2.34. The molecule has 1 aromatic carbocycles. The maximum Gasteiger partial charge on any atom is 0.225 e. The zero-order valence-electron chi connectivity index (χ0n) is 19.4. The number of carbonyl (C=O) groups excluding carboxylic acids is 1. The fourth-order valence-electron chi connectivity index (χ4n) is 5.19. The number of amides is 1. The fraction of sp³-hybridized carbons (Fsp3) is 0.500. The molecule has 2 aliphatic rings. The summed E-state index contributed by atoms with van der Waals surface area (Å²) in [7, 11) is 0. The number of nitrogens with zero attached hydrogens (tertiary/aromatic N) is 6. The first-order chi connectivity index (χ1) is 16.5. The van der Waals surface area contributed by atoms with Crippen molar-refractivity contribution in [1.82, 2.24) is 29.3 Å². The number of hydrogen-bond acceptors (Lipinski definition) is 7. The van der Waals surface area contributed by atoms with Crippen molar-refractivity contribution < 1.29 is 4.79 Å². The minimum Gasteiger partial charge on any atom is -0.368 e. The topological polar surface area (TPSA) is 93.2 Å². The molecule has 4 heterocycles. The van der Waals surface area contributed by atoms with Crippen LogP contribution in [-0.2, 0) is 11.3 Å². The molecule has 5 rings (SSSR count). The molecule has 0 radical (unpaired) electrons. The molecule has 0 unspecified atom stereocenters. The first-order valence-electron chi connectivity index (χ1n) is 11.8. The highest BCUT2D eigenvalue weighted by atomic mass is 79.9. The van der Waals surface area contributed by atoms with Gasteiger partial charge in [-0.25, -0.2) is 15.0 Å². The number of nitrogens with two attached hydrogens (primary N) is 1. The Hall–Kier alpha value is -2.17. The highest BCUT2D eigenvalue weighted by Gasteiger charge is 2.32. The number of carbonyl (C=O) groups is 1. The number of piperidine rings is 2. The molecule has 10 heteroatoms. The van der Waals surface area contributed by atoms with Crippen LogP contribution < -0.4 is 5.73 Å². The third kappa shape index (κ3) is 4.94. The summed E-state index contributed by atoms with van der Waals surface area (Å²) in [6.45, 7) is 4.28. The van der Waals surface area contributed by atoms with Gasteiger partial charge in [-0.2, -0.15) is 0 Å². The van der Waals surface area contributed by atoms with Gasteiger partial charge >= 0.3 is 0 Å². The van der Waals surface area contributed by atoms with Gasteiger partial charge in [0.1, 0.15) is 0 Å². The van der Waals surface area contributed by atoms with Crippen molar-refractivity contribution in [2.45, 2.75) is 43.4 Å². The van der Waals surface area contributed by atoms with E-state index in [0.29, 0.717) is 17.9 Å². The number of halogens is 1. The maximum atomic E-state index is 13.3. The van der Waals surface area contributed by atoms with Crippen molar-refractivity contribution in [1.29, 1.82) is 0 Å². The molecule has 0 aliphatic carbocycles. The summed E-state index contributed by atoms with van der Waals surface area (Å²) in [4.78, 5) is 30.7. The second kappa shape index (κ2) is 10.2. The van der Waals surface area contributed by atoms with Crippen LogP contribution in [0.3, 0.4) is 0 Å². The first kappa shape index (κ1) is 23.6. The van der Waals surface area contributed by atoms with Gasteiger partial charge in [-0.1, -0.05) is 27.7 Å². The molecular formula is C24H30BrN7OS. The second-order valence-electron chi connectivity index (χ2n) is 9.16. The fourth-order valence-corrected chi connectivity index (χ4v) is 6.17. The van der Waals surface area contributed by atoms with Crippen molar-refractivity contribution in [2.24, 2.45) is 5.92 Å². The van der Waals surface area contributed by atoms with Crippen molar-refractivity contribution >= 4 is 50.6 Å². The molecule has 0 atom stereocenters. The summed E-state index contributed by atoms with van der Waals surface area (Å²) in [5.41, 5.74) is 8.84. The molecule has 2 aromatic heterocycles. The summed E-state index contributed by atoms with van der Waals surface area (Å²) in [5, 5.41) is 1.05. The van der Waals surface area contributed by atoms with E-state index in [9.17, 15) is 4.79 Å². The van der Waals surface area contributed by atoms with Gasteiger partial charge in [-0.05, 0) is 63.2 Å². The Balaban J connectivity index is 1.16. The molecule has 180 valence electrons. The molecule has 3 aromatic rings. The third-order valence-electron chi connectivity index (χ3n) is 7.01. The largest absolute Gasteiger partial charge is 0.368 e. The molecule has 2 fully saturated rings. The highest BCUT2D eigenvalue weighted by molar-refractivity contribution is 9.10. The normalized spacial score (nSPS) is 18.6. The van der Waals surface area contributed by atoms with E-state index >= 15 is 0 Å². The van der Waals surface area contributed by atoms with Crippen LogP contribution in [-0.4, -0.2) is 67.7 Å². The minimum atomic E-state index is 0.128. The maximum absolute atomic E-state index is 13.3. The number of rotatable bonds is 5. The number of likely N-dealkylation sites (tertiary alicyclic amines) is 2. The Morgan fingerprint density at radius 1 is 1.12 bits per heavy atom. The number of hydrogen-bond donors (Lipinski definition) is 1. The van der Waals surface area contributed by atoms with Gasteiger partial charge in [0, 0.05) is 54.0 Å². The first-order valence-corrected chi connectivity index (χ1v) is 13.8. The third-order valence-corrected chi connectivity index (χ3v) is 8.16. The molecule has 2 saturated heterocycles. The zero-order chi connectivity index (χ0) is 23.7. The molecule has 1 amide bonds. The van der Waals surface area contributed by atoms with Crippen LogP contribution in [0, 0.1) is 5.92 Å². The second-order valence-corrected chi connectivity index (χ2v) is 10.8. The van der Waals surface area contributed by atoms with E-state index in [1.165, 1.54) is 5.52 Å². The lowest BCUT2D eigenvalue weighted by Crippen LogP contribution is -2.45. The molecule has 0 spiro atoms. The van der Waals surface area contributed by atoms with Gasteiger partial charge in [-0.15, -0.1) is 0 Å². The van der Waals surface area contributed by atoms with E-state index in [0.717, 1.165) is 79.1 Å². The Kier molecular flexibility index (Phi) is 7.08. The smallest absolute Gasteiger partial charge is 0.225 e. The number of benzene rings is 1. The molecular weight excluding hydrogens is 514 g/mol. The number of fused-ring (bicyclic) bond motifs is 1. The van der Waals surface area contributed by atoms with Gasteiger partial charge in [0.2, 0.25) is 11.9 Å². The van der Waals surface area contributed by atoms with E-state index in [-0.39, 0.29) is 5.92 Å². The predicted octanol–water partition coefficient (Wildman–Crippen LogP) is 3.97. The van der Waals surface area contributed by atoms with Crippen molar-refractivity contribution in [3.63, 3.8) is 0 Å². The van der Waals surface area contributed by atoms with Gasteiger partial charge in [0.25, 0.3) is 0 Å². The molecule has 2 N–H and O–H groups in total. The Bertz CT molecular complexity index is 1150. The van der Waals surface area contributed by atoms with Crippen molar-refractivity contribution in [3.8, 4) is 0 Å². The molecule has 2 aliphatic heterocycles. The van der Waals surface area contributed by atoms with Gasteiger partial charge in [0.05, 0.1) is 11.0 Å². The Morgan fingerprint density at radius 3 is 2.50 bits per heavy atom. The summed E-state index contributed by atoms with van der Waals surface area (Å²) in [6, 6.07) is 6.68. The predicted molar refractivity (Wildman–Crippen MR) is 139 cm³/mol. The lowest BCUT2D eigenvalue weighted by molar-refractivity contribution is -0.138. The number of anilines is 1. The van der Waals surface area contributed by atoms with Crippen LogP contribution in [0.15, 0.2) is 40.2 Å². The zero-order valence-corrected chi connectivity index (χ0v) is 21.8. The summed E-state index contributed by atoms with van der Waals surface area (Å²) < 4.78 is 3.43. The summed E-state index contributed by atoms with van der Waals surface area (Å²) >= 11 is 5.24. The molecule has 34 heavy (non-hydrogen) atoms. The van der Waals surface area contributed by atoms with E-state index in [4.69, 9.17) is 10.7 Å². The SMILES string of the molecule is CSc1nc2cc(Br)ccc2n1C1CCN(C(=O)C2CCN(Cc3cnc(N)nc3)CC2)CC1. The number of imidazole rings is 1. The van der Waals surface area contributed by atoms with Crippen molar-refractivity contribution in [3.05, 3.63) is 40.6 Å². The average molecular weight is 545 g/mol. The average Bonchev–Trinajstić information content (AvgIpc) is 3.23. The molecule has 0 saturated carbocycles. The quantitative estimate of drug-likeness (QED) is 0.486. The van der Waals surface area contributed by atoms with E-state index in [1.807, 2.05) is 0 Å². The van der Waals surface area contributed by atoms with Crippen LogP contribution in [0.4, 0.5) is 5.95 Å². The van der Waals surface area contributed by atoms with Crippen LogP contribution >= 0.6 is 27.7 Å². The standard InChI is InChI=1S/C24H30BrN7OS/c1-34-24-29-20-12-18(25)2-3-21(20)32(24)19-6-10-31(11-7-19)22(33)17-4-8-30(9-5-17)15-16-13-27-23(26)28-14-16/h2-3,12-14,17,19H,4-11,15H2,1H3,(H2,26,27,28). The number of nitrogen functional groups attached to an aromatic ring is 1. The van der Waals surface area contributed by atoms with E-state index in [2.05, 4.69) is 64.7 Å². The monoisotopic (exact) mass is 543 g/mol. The van der Waals surface area contributed by atoms with Crippen LogP contribution in [0.2, 0.25) is 0 Å². The van der Waals surface area contributed by atoms with Crippen molar-refractivity contribution in [2.75, 3.05) is 38.2 Å². The van der Waals surface area contributed by atoms with Crippen LogP contribution in [0.5, 0.6) is 0 Å². The molecule has 0 bridgehead atoms. The lowest BCUT2D eigenvalue weighted by Gasteiger charge is -2.38. The van der Waals surface area contributed by atoms with Crippen LogP contribution in [0.1, 0.15) is 37.3 Å². The van der Waals surface area contributed by atoms with E-state index < -0.39 is 0 Å². The van der Waals surface area contributed by atoms with Gasteiger partial charge in [0.15, 0.2) is 5.16 Å². The Morgan fingerprint density at radius 2 is 1.82 bits per heavy atom. The Labute approximate surface area is 212 Å². The summed E-state index contributed by atoms with van der Waals surface area (Å²) in [6.07, 6.45) is 9.41. The lowest BCUT2D eigenvalue weighted by atomic mass is 9.93. The van der Waals surface area contributed by atoms with E-state index in [1.54, 1.807) is 24.2 Å². The minimum absolute atomic E-state index is 0.128. The van der Waals surface area contributed by atoms with Crippen LogP contribution in [0.25, 0.3) is 11.0 Å². The van der Waals surface area contributed by atoms with Gasteiger partial charge in [-0.3, -0.25) is 9.69 Å². The van der Waals surface area contributed by atoms with Gasteiger partial charge < -0.3 is 15.2 Å². The number of thioether (sulfide) groups is 1.